The molecular formula is C13H23N3O2. The summed E-state index contributed by atoms with van der Waals surface area (Å²) in [5.74, 6) is 1.41. The topological polar surface area (TPSA) is 46.6 Å². The molecule has 0 aliphatic carbocycles. The fraction of sp³-hybridized carbons (Fsp3) is 0.615. The van der Waals surface area contributed by atoms with Crippen LogP contribution in [0, 0.1) is 0 Å². The van der Waals surface area contributed by atoms with E-state index in [-0.39, 0.29) is 0 Å². The molecule has 1 unspecified atom stereocenters. The van der Waals surface area contributed by atoms with Crippen molar-refractivity contribution in [3.8, 4) is 11.5 Å². The normalized spacial score (nSPS) is 12.6. The third-order valence-corrected chi connectivity index (χ3v) is 2.98. The Balaban J connectivity index is 2.62. The molecule has 0 aliphatic heterocycles. The number of pyridine rings is 1. The SMILES string of the molecule is COc1ccnc(CNCC(C)N(C)C)c1OC. The average Bonchev–Trinajstić information content (AvgIpc) is 2.37. The Hall–Kier alpha value is -1.33. The van der Waals surface area contributed by atoms with Gasteiger partial charge in [0.2, 0.25) is 0 Å². The van der Waals surface area contributed by atoms with Crippen LogP contribution in [0.5, 0.6) is 11.5 Å². The number of ether oxygens (including phenoxy) is 2. The molecule has 1 rings (SSSR count). The third kappa shape index (κ3) is 3.85. The first-order chi connectivity index (χ1) is 8.60. The van der Waals surface area contributed by atoms with Crippen LogP contribution in [-0.4, -0.2) is 50.8 Å². The van der Waals surface area contributed by atoms with E-state index >= 15 is 0 Å². The van der Waals surface area contributed by atoms with E-state index in [4.69, 9.17) is 9.47 Å². The van der Waals surface area contributed by atoms with Crippen molar-refractivity contribution in [1.29, 1.82) is 0 Å². The number of likely N-dealkylation sites (N-methyl/N-ethyl adjacent to an activating group) is 1. The van der Waals surface area contributed by atoms with Crippen molar-refractivity contribution in [3.63, 3.8) is 0 Å². The molecule has 1 atom stereocenters. The molecule has 1 heterocycles. The lowest BCUT2D eigenvalue weighted by molar-refractivity contribution is 0.300. The number of hydrogen-bond donors (Lipinski definition) is 1. The van der Waals surface area contributed by atoms with Crippen LogP contribution in [0.3, 0.4) is 0 Å². The molecule has 18 heavy (non-hydrogen) atoms. The van der Waals surface area contributed by atoms with E-state index in [1.165, 1.54) is 0 Å². The predicted octanol–water partition coefficient (Wildman–Crippen LogP) is 1.14. The van der Waals surface area contributed by atoms with Crippen molar-refractivity contribution in [1.82, 2.24) is 15.2 Å². The molecular weight excluding hydrogens is 230 g/mol. The van der Waals surface area contributed by atoms with Crippen LogP contribution in [0.4, 0.5) is 0 Å². The van der Waals surface area contributed by atoms with Gasteiger partial charge in [0.25, 0.3) is 0 Å². The fourth-order valence-corrected chi connectivity index (χ4v) is 1.56. The van der Waals surface area contributed by atoms with E-state index in [9.17, 15) is 0 Å². The lowest BCUT2D eigenvalue weighted by Gasteiger charge is -2.20. The van der Waals surface area contributed by atoms with E-state index in [1.807, 2.05) is 0 Å². The van der Waals surface area contributed by atoms with Gasteiger partial charge in [-0.05, 0) is 21.0 Å². The second kappa shape index (κ2) is 7.18. The van der Waals surface area contributed by atoms with Crippen molar-refractivity contribution in [3.05, 3.63) is 18.0 Å². The first kappa shape index (κ1) is 14.7. The van der Waals surface area contributed by atoms with E-state index in [0.29, 0.717) is 24.1 Å². The summed E-state index contributed by atoms with van der Waals surface area (Å²) in [5.41, 5.74) is 0.864. The molecule has 1 aromatic rings. The summed E-state index contributed by atoms with van der Waals surface area (Å²) in [7, 11) is 7.39. The number of nitrogens with zero attached hydrogens (tertiary/aromatic N) is 2. The quantitative estimate of drug-likeness (QED) is 0.789. The Kier molecular flexibility index (Phi) is 5.88. The average molecular weight is 253 g/mol. The van der Waals surface area contributed by atoms with Crippen LogP contribution in [0.1, 0.15) is 12.6 Å². The second-order valence-corrected chi connectivity index (χ2v) is 4.44. The number of methoxy groups -OCH3 is 2. The minimum atomic E-state index is 0.474. The summed E-state index contributed by atoms with van der Waals surface area (Å²) < 4.78 is 10.6. The largest absolute Gasteiger partial charge is 0.493 e. The van der Waals surface area contributed by atoms with Crippen LogP contribution >= 0.6 is 0 Å². The van der Waals surface area contributed by atoms with Gasteiger partial charge >= 0.3 is 0 Å². The first-order valence-electron chi connectivity index (χ1n) is 6.03. The van der Waals surface area contributed by atoms with Crippen LogP contribution in [0.25, 0.3) is 0 Å². The van der Waals surface area contributed by atoms with Gasteiger partial charge in [0.15, 0.2) is 11.5 Å². The van der Waals surface area contributed by atoms with E-state index in [0.717, 1.165) is 12.2 Å². The summed E-state index contributed by atoms with van der Waals surface area (Å²) in [4.78, 5) is 6.49. The smallest absolute Gasteiger partial charge is 0.183 e. The highest BCUT2D eigenvalue weighted by Crippen LogP contribution is 2.28. The minimum Gasteiger partial charge on any atom is -0.493 e. The standard InChI is InChI=1S/C13H23N3O2/c1-10(16(2)3)8-14-9-11-13(18-5)12(17-4)6-7-15-11/h6-7,10,14H,8-9H2,1-5H3. The van der Waals surface area contributed by atoms with Gasteiger partial charge in [0.05, 0.1) is 19.9 Å². The molecule has 5 heteroatoms. The van der Waals surface area contributed by atoms with Crippen LogP contribution in [0.2, 0.25) is 0 Å². The predicted molar refractivity (Wildman–Crippen MR) is 72.2 cm³/mol. The van der Waals surface area contributed by atoms with E-state index in [2.05, 4.69) is 36.2 Å². The number of nitrogens with one attached hydrogen (secondary N) is 1. The van der Waals surface area contributed by atoms with E-state index < -0.39 is 0 Å². The molecule has 0 aromatic carbocycles. The molecule has 5 nitrogen and oxygen atoms in total. The molecule has 0 saturated carbocycles. The summed E-state index contributed by atoms with van der Waals surface area (Å²) in [5, 5.41) is 3.37. The molecule has 0 saturated heterocycles. The second-order valence-electron chi connectivity index (χ2n) is 4.44. The Morgan fingerprint density at radius 1 is 1.33 bits per heavy atom. The molecule has 0 bridgehead atoms. The molecule has 1 N–H and O–H groups in total. The lowest BCUT2D eigenvalue weighted by Crippen LogP contribution is -2.35. The highest BCUT2D eigenvalue weighted by atomic mass is 16.5. The molecule has 0 spiro atoms. The zero-order chi connectivity index (χ0) is 13.5. The molecule has 1 aromatic heterocycles. The Morgan fingerprint density at radius 3 is 2.61 bits per heavy atom. The van der Waals surface area contributed by atoms with Gasteiger partial charge in [-0.1, -0.05) is 0 Å². The molecule has 0 amide bonds. The highest BCUT2D eigenvalue weighted by Gasteiger charge is 2.11. The third-order valence-electron chi connectivity index (χ3n) is 2.98. The van der Waals surface area contributed by atoms with Gasteiger partial charge in [-0.2, -0.15) is 0 Å². The number of aromatic nitrogens is 1. The first-order valence-corrected chi connectivity index (χ1v) is 6.03. The van der Waals surface area contributed by atoms with Crippen LogP contribution < -0.4 is 14.8 Å². The molecule has 0 aliphatic rings. The lowest BCUT2D eigenvalue weighted by atomic mass is 10.2. The van der Waals surface area contributed by atoms with Crippen molar-refractivity contribution in [2.24, 2.45) is 0 Å². The van der Waals surface area contributed by atoms with Crippen LogP contribution in [0.15, 0.2) is 12.3 Å². The zero-order valence-electron chi connectivity index (χ0n) is 11.9. The van der Waals surface area contributed by atoms with Gasteiger partial charge in [0, 0.05) is 31.4 Å². The maximum Gasteiger partial charge on any atom is 0.183 e. The van der Waals surface area contributed by atoms with Crippen LogP contribution in [-0.2, 0) is 6.54 Å². The van der Waals surface area contributed by atoms with Gasteiger partial charge < -0.3 is 19.7 Å². The number of rotatable bonds is 7. The van der Waals surface area contributed by atoms with Gasteiger partial charge in [-0.25, -0.2) is 0 Å². The van der Waals surface area contributed by atoms with Gasteiger partial charge in [-0.15, -0.1) is 0 Å². The minimum absolute atomic E-state index is 0.474. The summed E-state index contributed by atoms with van der Waals surface area (Å²) in [6.07, 6.45) is 1.73. The molecule has 102 valence electrons. The fourth-order valence-electron chi connectivity index (χ4n) is 1.56. The van der Waals surface area contributed by atoms with Crippen molar-refractivity contribution in [2.45, 2.75) is 19.5 Å². The van der Waals surface area contributed by atoms with Crippen molar-refractivity contribution >= 4 is 0 Å². The Labute approximate surface area is 109 Å². The van der Waals surface area contributed by atoms with E-state index in [1.54, 1.807) is 26.5 Å². The molecule has 0 radical (unpaired) electrons. The zero-order valence-corrected chi connectivity index (χ0v) is 11.9. The Bertz CT molecular complexity index is 369. The maximum absolute atomic E-state index is 5.33. The summed E-state index contributed by atoms with van der Waals surface area (Å²) in [6, 6.07) is 2.27. The Morgan fingerprint density at radius 2 is 2.06 bits per heavy atom. The van der Waals surface area contributed by atoms with Gasteiger partial charge in [0.1, 0.15) is 0 Å². The summed E-state index contributed by atoms with van der Waals surface area (Å²) in [6.45, 7) is 3.73. The maximum atomic E-state index is 5.33. The molecule has 0 fully saturated rings. The van der Waals surface area contributed by atoms with Crippen molar-refractivity contribution in [2.75, 3.05) is 34.9 Å². The van der Waals surface area contributed by atoms with Gasteiger partial charge in [-0.3, -0.25) is 4.98 Å². The van der Waals surface area contributed by atoms with Crippen molar-refractivity contribution < 1.29 is 9.47 Å². The number of hydrogen-bond acceptors (Lipinski definition) is 5. The highest BCUT2D eigenvalue weighted by molar-refractivity contribution is 5.42. The summed E-state index contributed by atoms with van der Waals surface area (Å²) >= 11 is 0. The monoisotopic (exact) mass is 253 g/mol.